The number of nitrogens with two attached hydrogens (primary N) is 1. The van der Waals surface area contributed by atoms with Gasteiger partial charge in [0, 0.05) is 10.9 Å². The molecule has 1 heterocycles. The monoisotopic (exact) mass is 292 g/mol. The Morgan fingerprint density at radius 1 is 1.09 bits per heavy atom. The van der Waals surface area contributed by atoms with Crippen LogP contribution >= 0.6 is 0 Å². The van der Waals surface area contributed by atoms with E-state index in [-0.39, 0.29) is 18.4 Å². The molecule has 0 saturated carbocycles. The number of H-pyrrole nitrogens is 1. The maximum atomic E-state index is 12.6. The number of fused-ring (bicyclic) bond motifs is 1. The summed E-state index contributed by atoms with van der Waals surface area (Å²) in [5.74, 6) is -0.583. The lowest BCUT2D eigenvalue weighted by Gasteiger charge is -2.20. The Kier molecular flexibility index (Phi) is 3.62. The molecule has 0 spiro atoms. The highest BCUT2D eigenvalue weighted by Gasteiger charge is 2.20. The van der Waals surface area contributed by atoms with E-state index in [0.717, 1.165) is 16.5 Å². The standard InChI is InChI=1S/C17H16N4O/c18-17(19)21(11-12-6-2-1-3-7-12)16(22)15-10-13-8-4-5-9-14(13)20-15/h1-10,20H,11H2,(H3,18,19). The average Bonchev–Trinajstić information content (AvgIpc) is 2.97. The molecule has 0 atom stereocenters. The van der Waals surface area contributed by atoms with Gasteiger partial charge < -0.3 is 10.7 Å². The summed E-state index contributed by atoms with van der Waals surface area (Å²) in [6.45, 7) is 0.268. The zero-order valence-electron chi connectivity index (χ0n) is 11.9. The third-order valence-electron chi connectivity index (χ3n) is 3.48. The topological polar surface area (TPSA) is 86.0 Å². The molecule has 3 aromatic rings. The van der Waals surface area contributed by atoms with Crippen LogP contribution in [0, 0.1) is 5.41 Å². The number of nitrogens with zero attached hydrogens (tertiary/aromatic N) is 1. The molecule has 2 aromatic carbocycles. The quantitative estimate of drug-likeness (QED) is 0.512. The smallest absolute Gasteiger partial charge is 0.277 e. The number of carbonyl (C=O) groups excluding carboxylic acids is 1. The zero-order chi connectivity index (χ0) is 15.5. The highest BCUT2D eigenvalue weighted by atomic mass is 16.2. The maximum Gasteiger partial charge on any atom is 0.277 e. The van der Waals surface area contributed by atoms with Crippen molar-refractivity contribution in [2.24, 2.45) is 5.73 Å². The first-order valence-corrected chi connectivity index (χ1v) is 6.93. The summed E-state index contributed by atoms with van der Waals surface area (Å²) in [5.41, 5.74) is 7.82. The summed E-state index contributed by atoms with van der Waals surface area (Å²) in [5, 5.41) is 8.64. The number of guanidine groups is 1. The Hall–Kier alpha value is -3.08. The molecule has 0 aliphatic rings. The molecule has 0 saturated heterocycles. The van der Waals surface area contributed by atoms with Crippen molar-refractivity contribution in [2.45, 2.75) is 6.54 Å². The second-order valence-corrected chi connectivity index (χ2v) is 5.03. The van der Waals surface area contributed by atoms with E-state index in [1.165, 1.54) is 4.90 Å². The van der Waals surface area contributed by atoms with Crippen molar-refractivity contribution in [2.75, 3.05) is 0 Å². The molecular weight excluding hydrogens is 276 g/mol. The Morgan fingerprint density at radius 2 is 1.77 bits per heavy atom. The second-order valence-electron chi connectivity index (χ2n) is 5.03. The molecule has 0 aliphatic heterocycles. The lowest BCUT2D eigenvalue weighted by molar-refractivity contribution is 0.0833. The molecule has 0 radical (unpaired) electrons. The van der Waals surface area contributed by atoms with Gasteiger partial charge in [0.05, 0.1) is 6.54 Å². The van der Waals surface area contributed by atoms with E-state index in [0.29, 0.717) is 5.69 Å². The molecule has 0 bridgehead atoms. The summed E-state index contributed by atoms with van der Waals surface area (Å²) in [6.07, 6.45) is 0. The number of hydrogen-bond acceptors (Lipinski definition) is 2. The van der Waals surface area contributed by atoms with E-state index in [1.807, 2.05) is 54.6 Å². The fourth-order valence-electron chi connectivity index (χ4n) is 2.37. The number of hydrogen-bond donors (Lipinski definition) is 3. The molecule has 1 aromatic heterocycles. The molecule has 0 unspecified atom stereocenters. The number of amides is 1. The van der Waals surface area contributed by atoms with Crippen molar-refractivity contribution in [1.29, 1.82) is 5.41 Å². The van der Waals surface area contributed by atoms with Gasteiger partial charge in [0.1, 0.15) is 5.69 Å². The minimum atomic E-state index is -0.312. The molecule has 110 valence electrons. The van der Waals surface area contributed by atoms with Crippen LogP contribution in [0.3, 0.4) is 0 Å². The molecule has 5 heteroatoms. The minimum Gasteiger partial charge on any atom is -0.370 e. The SMILES string of the molecule is N=C(N)N(Cc1ccccc1)C(=O)c1cc2ccccc2[nH]1. The Labute approximate surface area is 127 Å². The molecule has 22 heavy (non-hydrogen) atoms. The Bertz CT molecular complexity index is 790. The van der Waals surface area contributed by atoms with Gasteiger partial charge in [0.15, 0.2) is 5.96 Å². The van der Waals surface area contributed by atoms with Crippen LogP contribution in [0.25, 0.3) is 10.9 Å². The van der Waals surface area contributed by atoms with Gasteiger partial charge in [0.25, 0.3) is 5.91 Å². The molecular formula is C17H16N4O. The lowest BCUT2D eigenvalue weighted by atomic mass is 10.2. The summed E-state index contributed by atoms with van der Waals surface area (Å²) in [7, 11) is 0. The van der Waals surface area contributed by atoms with Gasteiger partial charge in [-0.05, 0) is 17.7 Å². The fraction of sp³-hybridized carbons (Fsp3) is 0.0588. The molecule has 1 amide bonds. The third kappa shape index (κ3) is 2.69. The van der Waals surface area contributed by atoms with E-state index < -0.39 is 0 Å². The first-order chi connectivity index (χ1) is 10.6. The van der Waals surface area contributed by atoms with Crippen LogP contribution in [0.15, 0.2) is 60.7 Å². The number of para-hydroxylation sites is 1. The van der Waals surface area contributed by atoms with Gasteiger partial charge in [-0.3, -0.25) is 15.1 Å². The van der Waals surface area contributed by atoms with Gasteiger partial charge >= 0.3 is 0 Å². The molecule has 0 aliphatic carbocycles. The van der Waals surface area contributed by atoms with E-state index in [1.54, 1.807) is 6.07 Å². The van der Waals surface area contributed by atoms with Crippen LogP contribution in [0.5, 0.6) is 0 Å². The zero-order valence-corrected chi connectivity index (χ0v) is 11.9. The summed E-state index contributed by atoms with van der Waals surface area (Å²) >= 11 is 0. The fourth-order valence-corrected chi connectivity index (χ4v) is 2.37. The molecule has 5 nitrogen and oxygen atoms in total. The normalized spacial score (nSPS) is 10.5. The van der Waals surface area contributed by atoms with Crippen LogP contribution in [-0.4, -0.2) is 21.8 Å². The third-order valence-corrected chi connectivity index (χ3v) is 3.48. The van der Waals surface area contributed by atoms with E-state index in [4.69, 9.17) is 11.1 Å². The van der Waals surface area contributed by atoms with Crippen LogP contribution in [0.4, 0.5) is 0 Å². The van der Waals surface area contributed by atoms with Crippen molar-refractivity contribution >= 4 is 22.8 Å². The number of nitrogens with one attached hydrogen (secondary N) is 2. The van der Waals surface area contributed by atoms with Crippen LogP contribution in [0.2, 0.25) is 0 Å². The Balaban J connectivity index is 1.90. The molecule has 0 fully saturated rings. The van der Waals surface area contributed by atoms with Crippen LogP contribution in [0.1, 0.15) is 16.1 Å². The van der Waals surface area contributed by atoms with Crippen LogP contribution < -0.4 is 5.73 Å². The predicted molar refractivity (Wildman–Crippen MR) is 86.5 cm³/mol. The minimum absolute atomic E-state index is 0.268. The van der Waals surface area contributed by atoms with E-state index in [9.17, 15) is 4.79 Å². The number of aromatic amines is 1. The van der Waals surface area contributed by atoms with Gasteiger partial charge in [-0.2, -0.15) is 0 Å². The van der Waals surface area contributed by atoms with Crippen molar-refractivity contribution in [1.82, 2.24) is 9.88 Å². The van der Waals surface area contributed by atoms with Crippen LogP contribution in [-0.2, 0) is 6.54 Å². The average molecular weight is 292 g/mol. The van der Waals surface area contributed by atoms with Crippen molar-refractivity contribution in [3.8, 4) is 0 Å². The van der Waals surface area contributed by atoms with Gasteiger partial charge in [-0.1, -0.05) is 48.5 Å². The number of benzene rings is 2. The highest BCUT2D eigenvalue weighted by molar-refractivity contribution is 6.05. The van der Waals surface area contributed by atoms with Gasteiger partial charge in [0.2, 0.25) is 0 Å². The van der Waals surface area contributed by atoms with Gasteiger partial charge in [-0.15, -0.1) is 0 Å². The second kappa shape index (κ2) is 5.73. The number of carbonyl (C=O) groups is 1. The predicted octanol–water partition coefficient (Wildman–Crippen LogP) is 2.70. The van der Waals surface area contributed by atoms with Crippen molar-refractivity contribution < 1.29 is 4.79 Å². The van der Waals surface area contributed by atoms with E-state index >= 15 is 0 Å². The largest absolute Gasteiger partial charge is 0.370 e. The molecule has 3 rings (SSSR count). The molecule has 4 N–H and O–H groups in total. The summed E-state index contributed by atoms with van der Waals surface area (Å²) in [4.78, 5) is 17.0. The van der Waals surface area contributed by atoms with Gasteiger partial charge in [-0.25, -0.2) is 0 Å². The number of aromatic nitrogens is 1. The first kappa shape index (κ1) is 13.9. The Morgan fingerprint density at radius 3 is 2.45 bits per heavy atom. The number of rotatable bonds is 3. The van der Waals surface area contributed by atoms with Crippen molar-refractivity contribution in [3.63, 3.8) is 0 Å². The maximum absolute atomic E-state index is 12.6. The lowest BCUT2D eigenvalue weighted by Crippen LogP contribution is -2.40. The van der Waals surface area contributed by atoms with Crippen molar-refractivity contribution in [3.05, 3.63) is 71.9 Å². The summed E-state index contributed by atoms with van der Waals surface area (Å²) < 4.78 is 0. The summed E-state index contributed by atoms with van der Waals surface area (Å²) in [6, 6.07) is 18.9. The first-order valence-electron chi connectivity index (χ1n) is 6.93. The highest BCUT2D eigenvalue weighted by Crippen LogP contribution is 2.17. The van der Waals surface area contributed by atoms with E-state index in [2.05, 4.69) is 4.98 Å².